The van der Waals surface area contributed by atoms with Crippen LogP contribution in [-0.4, -0.2) is 13.1 Å². The first kappa shape index (κ1) is 13.0. The van der Waals surface area contributed by atoms with Crippen LogP contribution in [0.4, 0.5) is 0 Å². The third kappa shape index (κ3) is 3.21. The molecule has 1 aliphatic carbocycles. The molecule has 0 heterocycles. The molecule has 0 aliphatic heterocycles. The van der Waals surface area contributed by atoms with Crippen molar-refractivity contribution in [3.8, 4) is 0 Å². The molecule has 0 spiro atoms. The van der Waals surface area contributed by atoms with Crippen molar-refractivity contribution in [2.75, 3.05) is 7.05 Å². The van der Waals surface area contributed by atoms with Gasteiger partial charge < -0.3 is 5.32 Å². The van der Waals surface area contributed by atoms with Gasteiger partial charge in [0.2, 0.25) is 0 Å². The predicted molar refractivity (Wildman–Crippen MR) is 68.1 cm³/mol. The fraction of sp³-hybridized carbons (Fsp3) is 1.00. The molecule has 1 heteroatoms. The van der Waals surface area contributed by atoms with Gasteiger partial charge in [-0.15, -0.1) is 0 Å². The zero-order valence-corrected chi connectivity index (χ0v) is 11.1. The summed E-state index contributed by atoms with van der Waals surface area (Å²) in [4.78, 5) is 0. The molecule has 1 fully saturated rings. The lowest BCUT2D eigenvalue weighted by molar-refractivity contribution is 0.0523. The van der Waals surface area contributed by atoms with Crippen LogP contribution < -0.4 is 5.32 Å². The highest BCUT2D eigenvalue weighted by Crippen LogP contribution is 2.47. The minimum Gasteiger partial charge on any atom is -0.317 e. The second-order valence-electron chi connectivity index (χ2n) is 5.66. The van der Waals surface area contributed by atoms with Crippen molar-refractivity contribution in [2.45, 2.75) is 71.8 Å². The Morgan fingerprint density at radius 1 is 1.13 bits per heavy atom. The molecule has 0 saturated heterocycles. The topological polar surface area (TPSA) is 12.0 Å². The van der Waals surface area contributed by atoms with Gasteiger partial charge in [-0.25, -0.2) is 0 Å². The van der Waals surface area contributed by atoms with Gasteiger partial charge in [0.25, 0.3) is 0 Å². The molecular formula is C14H29N. The average molecular weight is 211 g/mol. The summed E-state index contributed by atoms with van der Waals surface area (Å²) in [6, 6.07) is 0.813. The normalized spacial score (nSPS) is 29.6. The molecule has 1 rings (SSSR count). The second kappa shape index (κ2) is 5.89. The van der Waals surface area contributed by atoms with E-state index in [4.69, 9.17) is 0 Å². The van der Waals surface area contributed by atoms with Gasteiger partial charge in [0, 0.05) is 6.04 Å². The Morgan fingerprint density at radius 2 is 1.80 bits per heavy atom. The van der Waals surface area contributed by atoms with Gasteiger partial charge in [0.1, 0.15) is 0 Å². The van der Waals surface area contributed by atoms with Gasteiger partial charge in [-0.2, -0.15) is 0 Å². The van der Waals surface area contributed by atoms with Crippen LogP contribution in [0.2, 0.25) is 0 Å². The van der Waals surface area contributed by atoms with Crippen LogP contribution >= 0.6 is 0 Å². The molecular weight excluding hydrogens is 182 g/mol. The maximum atomic E-state index is 3.40. The van der Waals surface area contributed by atoms with E-state index in [1.165, 1.54) is 44.9 Å². The summed E-state index contributed by atoms with van der Waals surface area (Å²) >= 11 is 0. The first-order chi connectivity index (χ1) is 7.16. The summed E-state index contributed by atoms with van der Waals surface area (Å²) in [6.45, 7) is 7.17. The van der Waals surface area contributed by atoms with Gasteiger partial charge >= 0.3 is 0 Å². The van der Waals surface area contributed by atoms with E-state index in [-0.39, 0.29) is 0 Å². The molecule has 0 amide bonds. The molecule has 1 unspecified atom stereocenters. The third-order valence-electron chi connectivity index (χ3n) is 4.45. The summed E-state index contributed by atoms with van der Waals surface area (Å²) in [5.74, 6) is 0.987. The van der Waals surface area contributed by atoms with E-state index in [1.807, 2.05) is 0 Å². The summed E-state index contributed by atoms with van der Waals surface area (Å²) in [7, 11) is 2.10. The van der Waals surface area contributed by atoms with E-state index in [2.05, 4.69) is 33.1 Å². The number of hydrogen-bond donors (Lipinski definition) is 1. The molecule has 0 aromatic heterocycles. The Hall–Kier alpha value is -0.0400. The fourth-order valence-electron chi connectivity index (χ4n) is 3.11. The minimum absolute atomic E-state index is 0.637. The number of unbranched alkanes of at least 4 members (excludes halogenated alkanes) is 1. The van der Waals surface area contributed by atoms with Crippen LogP contribution in [0.25, 0.3) is 0 Å². The highest BCUT2D eigenvalue weighted by Gasteiger charge is 2.40. The van der Waals surface area contributed by atoms with Crippen LogP contribution in [0.1, 0.15) is 65.7 Å². The largest absolute Gasteiger partial charge is 0.317 e. The molecule has 1 saturated carbocycles. The van der Waals surface area contributed by atoms with Gasteiger partial charge in [0.05, 0.1) is 0 Å². The van der Waals surface area contributed by atoms with Gasteiger partial charge in [0.15, 0.2) is 0 Å². The first-order valence-corrected chi connectivity index (χ1v) is 6.83. The van der Waals surface area contributed by atoms with E-state index in [9.17, 15) is 0 Å². The van der Waals surface area contributed by atoms with Crippen LogP contribution in [0, 0.1) is 11.3 Å². The lowest BCUT2D eigenvalue weighted by Gasteiger charge is -2.47. The number of rotatable bonds is 7. The lowest BCUT2D eigenvalue weighted by atomic mass is 9.60. The summed E-state index contributed by atoms with van der Waals surface area (Å²) in [5.41, 5.74) is 0.637. The van der Waals surface area contributed by atoms with Crippen molar-refractivity contribution >= 4 is 0 Å². The molecule has 0 bridgehead atoms. The molecule has 0 aromatic rings. The summed E-state index contributed by atoms with van der Waals surface area (Å²) in [6.07, 6.45) is 9.81. The van der Waals surface area contributed by atoms with Crippen LogP contribution in [0.3, 0.4) is 0 Å². The van der Waals surface area contributed by atoms with E-state index in [1.54, 1.807) is 0 Å². The van der Waals surface area contributed by atoms with Crippen molar-refractivity contribution in [2.24, 2.45) is 11.3 Å². The smallest absolute Gasteiger partial charge is 0.00697 e. The van der Waals surface area contributed by atoms with E-state index in [0.29, 0.717) is 5.41 Å². The van der Waals surface area contributed by atoms with Crippen LogP contribution in [0.5, 0.6) is 0 Å². The van der Waals surface area contributed by atoms with Crippen molar-refractivity contribution in [3.05, 3.63) is 0 Å². The highest BCUT2D eigenvalue weighted by atomic mass is 14.9. The summed E-state index contributed by atoms with van der Waals surface area (Å²) < 4.78 is 0. The maximum Gasteiger partial charge on any atom is 0.00697 e. The number of hydrogen-bond acceptors (Lipinski definition) is 1. The zero-order valence-electron chi connectivity index (χ0n) is 11.1. The SMILES string of the molecule is CCCCC(C)(CCC)C1CC(NC)C1. The lowest BCUT2D eigenvalue weighted by Crippen LogP contribution is -2.46. The number of nitrogens with one attached hydrogen (secondary N) is 1. The monoisotopic (exact) mass is 211 g/mol. The van der Waals surface area contributed by atoms with E-state index >= 15 is 0 Å². The molecule has 1 nitrogen and oxygen atoms in total. The van der Waals surface area contributed by atoms with Crippen molar-refractivity contribution in [1.82, 2.24) is 5.32 Å². The van der Waals surface area contributed by atoms with Gasteiger partial charge in [-0.3, -0.25) is 0 Å². The van der Waals surface area contributed by atoms with Crippen molar-refractivity contribution in [1.29, 1.82) is 0 Å². The molecule has 15 heavy (non-hydrogen) atoms. The second-order valence-corrected chi connectivity index (χ2v) is 5.66. The Bertz CT molecular complexity index is 172. The Kier molecular flexibility index (Phi) is 5.11. The van der Waals surface area contributed by atoms with E-state index in [0.717, 1.165) is 12.0 Å². The maximum absolute atomic E-state index is 3.40. The van der Waals surface area contributed by atoms with Crippen LogP contribution in [-0.2, 0) is 0 Å². The highest BCUT2D eigenvalue weighted by molar-refractivity contribution is 4.94. The van der Waals surface area contributed by atoms with E-state index < -0.39 is 0 Å². The molecule has 1 aliphatic rings. The van der Waals surface area contributed by atoms with Crippen molar-refractivity contribution in [3.63, 3.8) is 0 Å². The van der Waals surface area contributed by atoms with Gasteiger partial charge in [-0.1, -0.05) is 40.0 Å². The van der Waals surface area contributed by atoms with Crippen LogP contribution in [0.15, 0.2) is 0 Å². The average Bonchev–Trinajstić information content (AvgIpc) is 2.14. The fourth-order valence-corrected chi connectivity index (χ4v) is 3.11. The summed E-state index contributed by atoms with van der Waals surface area (Å²) in [5, 5.41) is 3.40. The molecule has 90 valence electrons. The molecule has 0 aromatic carbocycles. The van der Waals surface area contributed by atoms with Gasteiger partial charge in [-0.05, 0) is 44.1 Å². The quantitative estimate of drug-likeness (QED) is 0.671. The molecule has 0 radical (unpaired) electrons. The molecule has 1 atom stereocenters. The molecule has 1 N–H and O–H groups in total. The third-order valence-corrected chi connectivity index (χ3v) is 4.45. The minimum atomic E-state index is 0.637. The Morgan fingerprint density at radius 3 is 2.27 bits per heavy atom. The predicted octanol–water partition coefficient (Wildman–Crippen LogP) is 3.98. The standard InChI is InChI=1S/C14H29N/c1-5-7-9-14(3,8-6-2)12-10-13(11-12)15-4/h12-13,15H,5-11H2,1-4H3. The first-order valence-electron chi connectivity index (χ1n) is 6.83. The van der Waals surface area contributed by atoms with Crippen molar-refractivity contribution < 1.29 is 0 Å². The Balaban J connectivity index is 2.42. The Labute approximate surface area is 96.0 Å². The zero-order chi connectivity index (χ0) is 11.3.